The van der Waals surface area contributed by atoms with Gasteiger partial charge in [0.05, 0.1) is 12.5 Å². The molecule has 6 heteroatoms. The minimum absolute atomic E-state index is 0.160. The van der Waals surface area contributed by atoms with Crippen LogP contribution < -0.4 is 11.1 Å². The molecule has 2 unspecified atom stereocenters. The molecule has 3 amide bonds. The van der Waals surface area contributed by atoms with E-state index in [2.05, 4.69) is 5.32 Å². The van der Waals surface area contributed by atoms with Crippen LogP contribution in [0.25, 0.3) is 0 Å². The number of hydrogen-bond donors (Lipinski definition) is 2. The van der Waals surface area contributed by atoms with Crippen molar-refractivity contribution < 1.29 is 14.4 Å². The zero-order chi connectivity index (χ0) is 19.4. The smallest absolute Gasteiger partial charge is 0.229 e. The number of benzene rings is 2. The number of amides is 3. The van der Waals surface area contributed by atoms with E-state index in [4.69, 9.17) is 5.73 Å². The summed E-state index contributed by atoms with van der Waals surface area (Å²) in [5, 5.41) is 2.90. The molecule has 0 spiro atoms. The minimum Gasteiger partial charge on any atom is -0.325 e. The molecule has 3 rings (SSSR count). The molecule has 140 valence electrons. The van der Waals surface area contributed by atoms with E-state index in [9.17, 15) is 14.4 Å². The third-order valence-corrected chi connectivity index (χ3v) is 4.90. The van der Waals surface area contributed by atoms with Gasteiger partial charge in [0.15, 0.2) is 0 Å². The highest BCUT2D eigenvalue weighted by atomic mass is 16.2. The van der Waals surface area contributed by atoms with Gasteiger partial charge in [-0.05, 0) is 17.2 Å². The maximum atomic E-state index is 12.7. The average Bonchev–Trinajstić information content (AvgIpc) is 3.01. The molecular weight excluding hydrogens is 342 g/mol. The highest BCUT2D eigenvalue weighted by Gasteiger charge is 2.29. The van der Waals surface area contributed by atoms with Crippen LogP contribution in [0.2, 0.25) is 0 Å². The average molecular weight is 365 g/mol. The van der Waals surface area contributed by atoms with Crippen molar-refractivity contribution in [2.24, 2.45) is 11.7 Å². The summed E-state index contributed by atoms with van der Waals surface area (Å²) >= 11 is 0. The van der Waals surface area contributed by atoms with Crippen molar-refractivity contribution in [1.82, 2.24) is 4.90 Å². The number of carbonyl (C=O) groups excluding carboxylic acids is 3. The number of nitrogens with two attached hydrogens (primary N) is 1. The summed E-state index contributed by atoms with van der Waals surface area (Å²) < 4.78 is 0. The van der Waals surface area contributed by atoms with E-state index in [1.807, 2.05) is 36.4 Å². The molecule has 0 aromatic heterocycles. The molecular formula is C21H23N3O3. The predicted octanol–water partition coefficient (Wildman–Crippen LogP) is 2.61. The van der Waals surface area contributed by atoms with Crippen molar-refractivity contribution >= 4 is 23.4 Å². The van der Waals surface area contributed by atoms with Gasteiger partial charge < -0.3 is 11.1 Å². The van der Waals surface area contributed by atoms with Crippen molar-refractivity contribution in [2.45, 2.75) is 32.4 Å². The summed E-state index contributed by atoms with van der Waals surface area (Å²) in [6.07, 6.45) is 0.493. The molecule has 2 aromatic rings. The van der Waals surface area contributed by atoms with E-state index >= 15 is 0 Å². The maximum absolute atomic E-state index is 12.7. The lowest BCUT2D eigenvalue weighted by molar-refractivity contribution is -0.139. The third-order valence-electron chi connectivity index (χ3n) is 4.90. The standard InChI is InChI=1S/C21H23N3O3/c1-14(20(22)15-7-3-2-4-8-15)21(27)23-17-10-6-5-9-16(17)13-24-18(25)11-12-19(24)26/h2-10,14,20H,11-13,22H2,1H3,(H,23,27). The van der Waals surface area contributed by atoms with Crippen LogP contribution in [0, 0.1) is 5.92 Å². The van der Waals surface area contributed by atoms with Crippen molar-refractivity contribution in [2.75, 3.05) is 5.32 Å². The summed E-state index contributed by atoms with van der Waals surface area (Å²) in [5.74, 6) is -1.02. The van der Waals surface area contributed by atoms with Crippen LogP contribution in [-0.2, 0) is 20.9 Å². The molecule has 2 aromatic carbocycles. The molecule has 0 radical (unpaired) electrons. The number of likely N-dealkylation sites (tertiary alicyclic amines) is 1. The Hall–Kier alpha value is -2.99. The lowest BCUT2D eigenvalue weighted by Gasteiger charge is -2.22. The van der Waals surface area contributed by atoms with Gasteiger partial charge in [-0.3, -0.25) is 19.3 Å². The Balaban J connectivity index is 1.73. The summed E-state index contributed by atoms with van der Waals surface area (Å²) in [6, 6.07) is 16.2. The van der Waals surface area contributed by atoms with Gasteiger partial charge in [0.2, 0.25) is 17.7 Å². The monoisotopic (exact) mass is 365 g/mol. The number of anilines is 1. The fraction of sp³-hybridized carbons (Fsp3) is 0.286. The summed E-state index contributed by atoms with van der Waals surface area (Å²) in [7, 11) is 0. The van der Waals surface area contributed by atoms with Gasteiger partial charge in [-0.15, -0.1) is 0 Å². The number of nitrogens with one attached hydrogen (secondary N) is 1. The quantitative estimate of drug-likeness (QED) is 0.770. The first-order chi connectivity index (χ1) is 13.0. The van der Waals surface area contributed by atoms with Gasteiger partial charge in [0.1, 0.15) is 0 Å². The van der Waals surface area contributed by atoms with E-state index in [1.54, 1.807) is 25.1 Å². The Bertz CT molecular complexity index is 835. The summed E-state index contributed by atoms with van der Waals surface area (Å²) in [4.78, 5) is 37.7. The lowest BCUT2D eigenvalue weighted by atomic mass is 9.94. The number of carbonyl (C=O) groups is 3. The van der Waals surface area contributed by atoms with Crippen LogP contribution in [-0.4, -0.2) is 22.6 Å². The molecule has 27 heavy (non-hydrogen) atoms. The van der Waals surface area contributed by atoms with Crippen LogP contribution >= 0.6 is 0 Å². The van der Waals surface area contributed by atoms with Crippen LogP contribution in [0.3, 0.4) is 0 Å². The van der Waals surface area contributed by atoms with Crippen molar-refractivity contribution in [3.8, 4) is 0 Å². The largest absolute Gasteiger partial charge is 0.325 e. The zero-order valence-corrected chi connectivity index (χ0v) is 15.2. The fourth-order valence-electron chi connectivity index (χ4n) is 3.12. The second-order valence-corrected chi connectivity index (χ2v) is 6.75. The fourth-order valence-corrected chi connectivity index (χ4v) is 3.12. The molecule has 1 saturated heterocycles. The van der Waals surface area contributed by atoms with E-state index < -0.39 is 12.0 Å². The Morgan fingerprint density at radius 1 is 1.04 bits per heavy atom. The van der Waals surface area contributed by atoms with E-state index in [0.29, 0.717) is 5.69 Å². The van der Waals surface area contributed by atoms with E-state index in [1.165, 1.54) is 4.90 Å². The summed E-state index contributed by atoms with van der Waals surface area (Å²) in [5.41, 5.74) is 8.43. The maximum Gasteiger partial charge on any atom is 0.229 e. The Kier molecular flexibility index (Phi) is 5.66. The molecule has 1 heterocycles. The Morgan fingerprint density at radius 3 is 2.30 bits per heavy atom. The normalized spacial score (nSPS) is 16.3. The minimum atomic E-state index is -0.449. The Labute approximate surface area is 158 Å². The van der Waals surface area contributed by atoms with Crippen molar-refractivity contribution in [3.63, 3.8) is 0 Å². The second-order valence-electron chi connectivity index (χ2n) is 6.75. The molecule has 0 aliphatic carbocycles. The first-order valence-corrected chi connectivity index (χ1v) is 9.00. The molecule has 1 aliphatic rings. The van der Waals surface area contributed by atoms with Gasteiger partial charge in [-0.2, -0.15) is 0 Å². The molecule has 1 fully saturated rings. The molecule has 1 aliphatic heterocycles. The first kappa shape index (κ1) is 18.8. The Morgan fingerprint density at radius 2 is 1.63 bits per heavy atom. The van der Waals surface area contributed by atoms with Gasteiger partial charge >= 0.3 is 0 Å². The van der Waals surface area contributed by atoms with E-state index in [0.717, 1.165) is 11.1 Å². The zero-order valence-electron chi connectivity index (χ0n) is 15.2. The number of para-hydroxylation sites is 1. The molecule has 0 bridgehead atoms. The highest BCUT2D eigenvalue weighted by molar-refractivity contribution is 6.02. The molecule has 3 N–H and O–H groups in total. The number of hydrogen-bond acceptors (Lipinski definition) is 4. The van der Waals surface area contributed by atoms with Gasteiger partial charge in [-0.1, -0.05) is 55.5 Å². The van der Waals surface area contributed by atoms with Gasteiger partial charge in [0, 0.05) is 24.6 Å². The highest BCUT2D eigenvalue weighted by Crippen LogP contribution is 2.24. The van der Waals surface area contributed by atoms with Gasteiger partial charge in [-0.25, -0.2) is 0 Å². The molecule has 2 atom stereocenters. The van der Waals surface area contributed by atoms with E-state index in [-0.39, 0.29) is 37.1 Å². The van der Waals surface area contributed by atoms with Crippen molar-refractivity contribution in [3.05, 3.63) is 65.7 Å². The SMILES string of the molecule is CC(C(=O)Nc1ccccc1CN1C(=O)CCC1=O)C(N)c1ccccc1. The predicted molar refractivity (Wildman–Crippen MR) is 102 cm³/mol. The number of nitrogens with zero attached hydrogens (tertiary/aromatic N) is 1. The number of imide groups is 1. The van der Waals surface area contributed by atoms with Gasteiger partial charge in [0.25, 0.3) is 0 Å². The van der Waals surface area contributed by atoms with Crippen LogP contribution in [0.4, 0.5) is 5.69 Å². The lowest BCUT2D eigenvalue weighted by Crippen LogP contribution is -2.32. The van der Waals surface area contributed by atoms with Crippen LogP contribution in [0.1, 0.15) is 36.9 Å². The van der Waals surface area contributed by atoms with Crippen LogP contribution in [0.15, 0.2) is 54.6 Å². The second kappa shape index (κ2) is 8.14. The third kappa shape index (κ3) is 4.23. The molecule has 0 saturated carbocycles. The first-order valence-electron chi connectivity index (χ1n) is 9.00. The number of rotatable bonds is 6. The van der Waals surface area contributed by atoms with Crippen molar-refractivity contribution in [1.29, 1.82) is 0 Å². The summed E-state index contributed by atoms with van der Waals surface area (Å²) in [6.45, 7) is 1.94. The van der Waals surface area contributed by atoms with Crippen LogP contribution in [0.5, 0.6) is 0 Å². The molecule has 6 nitrogen and oxygen atoms in total. The topological polar surface area (TPSA) is 92.5 Å².